The Morgan fingerprint density at radius 1 is 1.24 bits per heavy atom. The second kappa shape index (κ2) is 6.19. The standard InChI is InChI=1S/C18H21NO2/c1-20-14-6-4-5-13(11-14)12-17(19)15-9-10-21-18-8-3-2-7-16(15)18/h2-8,11,15,17H,9-10,12,19H2,1H3. The van der Waals surface area contributed by atoms with Crippen LogP contribution in [-0.4, -0.2) is 19.8 Å². The summed E-state index contributed by atoms with van der Waals surface area (Å²) >= 11 is 0. The van der Waals surface area contributed by atoms with Gasteiger partial charge in [-0.25, -0.2) is 0 Å². The highest BCUT2D eigenvalue weighted by molar-refractivity contribution is 5.39. The van der Waals surface area contributed by atoms with Crippen LogP contribution >= 0.6 is 0 Å². The van der Waals surface area contributed by atoms with Gasteiger partial charge in [0, 0.05) is 12.0 Å². The lowest BCUT2D eigenvalue weighted by atomic mass is 9.84. The van der Waals surface area contributed by atoms with Crippen molar-refractivity contribution in [3.8, 4) is 11.5 Å². The molecule has 0 aliphatic carbocycles. The third kappa shape index (κ3) is 3.03. The lowest BCUT2D eigenvalue weighted by Gasteiger charge is -2.30. The maximum absolute atomic E-state index is 6.49. The largest absolute Gasteiger partial charge is 0.497 e. The van der Waals surface area contributed by atoms with Crippen LogP contribution in [0, 0.1) is 0 Å². The summed E-state index contributed by atoms with van der Waals surface area (Å²) in [5, 5.41) is 0. The molecule has 0 saturated carbocycles. The second-order valence-corrected chi connectivity index (χ2v) is 5.50. The fourth-order valence-corrected chi connectivity index (χ4v) is 3.03. The van der Waals surface area contributed by atoms with Gasteiger partial charge in [-0.05, 0) is 42.2 Å². The van der Waals surface area contributed by atoms with Crippen LogP contribution < -0.4 is 15.2 Å². The van der Waals surface area contributed by atoms with Gasteiger partial charge in [-0.3, -0.25) is 0 Å². The van der Waals surface area contributed by atoms with Gasteiger partial charge >= 0.3 is 0 Å². The normalized spacial score (nSPS) is 18.5. The van der Waals surface area contributed by atoms with Crippen LogP contribution in [0.3, 0.4) is 0 Å². The third-order valence-corrected chi connectivity index (χ3v) is 4.13. The lowest BCUT2D eigenvalue weighted by Crippen LogP contribution is -2.34. The minimum atomic E-state index is 0.0853. The third-order valence-electron chi connectivity index (χ3n) is 4.13. The SMILES string of the molecule is COc1cccc(CC(N)C2CCOc3ccccc32)c1. The summed E-state index contributed by atoms with van der Waals surface area (Å²) in [5.74, 6) is 2.21. The highest BCUT2D eigenvalue weighted by Gasteiger charge is 2.26. The Morgan fingerprint density at radius 2 is 2.10 bits per heavy atom. The van der Waals surface area contributed by atoms with Gasteiger partial charge < -0.3 is 15.2 Å². The summed E-state index contributed by atoms with van der Waals surface area (Å²) in [7, 11) is 1.69. The molecule has 2 atom stereocenters. The quantitative estimate of drug-likeness (QED) is 0.937. The summed E-state index contributed by atoms with van der Waals surface area (Å²) in [4.78, 5) is 0. The van der Waals surface area contributed by atoms with Gasteiger partial charge in [0.15, 0.2) is 0 Å². The van der Waals surface area contributed by atoms with Gasteiger partial charge in [0.25, 0.3) is 0 Å². The van der Waals surface area contributed by atoms with Crippen molar-refractivity contribution in [1.29, 1.82) is 0 Å². The molecular formula is C18H21NO2. The Hall–Kier alpha value is -2.00. The Kier molecular flexibility index (Phi) is 4.11. The Labute approximate surface area is 125 Å². The first-order valence-corrected chi connectivity index (χ1v) is 7.38. The fourth-order valence-electron chi connectivity index (χ4n) is 3.03. The summed E-state index contributed by atoms with van der Waals surface area (Å²) in [5.41, 5.74) is 8.94. The molecule has 3 rings (SSSR count). The monoisotopic (exact) mass is 283 g/mol. The van der Waals surface area contributed by atoms with Crippen LogP contribution in [0.1, 0.15) is 23.5 Å². The molecule has 0 aromatic heterocycles. The molecule has 3 nitrogen and oxygen atoms in total. The highest BCUT2D eigenvalue weighted by Crippen LogP contribution is 2.35. The Morgan fingerprint density at radius 3 is 2.95 bits per heavy atom. The van der Waals surface area contributed by atoms with E-state index < -0.39 is 0 Å². The number of nitrogens with two attached hydrogens (primary N) is 1. The molecule has 0 spiro atoms. The summed E-state index contributed by atoms with van der Waals surface area (Å²) in [6.45, 7) is 0.744. The van der Waals surface area contributed by atoms with E-state index in [9.17, 15) is 0 Å². The molecule has 0 saturated heterocycles. The van der Waals surface area contributed by atoms with E-state index in [1.54, 1.807) is 7.11 Å². The first-order chi connectivity index (χ1) is 10.3. The van der Waals surface area contributed by atoms with Crippen molar-refractivity contribution in [2.45, 2.75) is 24.8 Å². The smallest absolute Gasteiger partial charge is 0.122 e. The van der Waals surface area contributed by atoms with Crippen molar-refractivity contribution < 1.29 is 9.47 Å². The highest BCUT2D eigenvalue weighted by atomic mass is 16.5. The molecule has 2 unspecified atom stereocenters. The van der Waals surface area contributed by atoms with E-state index in [1.807, 2.05) is 24.3 Å². The molecule has 2 aromatic rings. The number of fused-ring (bicyclic) bond motifs is 1. The molecule has 1 aliphatic rings. The average Bonchev–Trinajstić information content (AvgIpc) is 2.54. The lowest BCUT2D eigenvalue weighted by molar-refractivity contribution is 0.254. The van der Waals surface area contributed by atoms with E-state index in [0.29, 0.717) is 5.92 Å². The molecule has 1 aliphatic heterocycles. The zero-order chi connectivity index (χ0) is 14.7. The topological polar surface area (TPSA) is 44.5 Å². The molecule has 0 radical (unpaired) electrons. The minimum Gasteiger partial charge on any atom is -0.497 e. The second-order valence-electron chi connectivity index (χ2n) is 5.50. The van der Waals surface area contributed by atoms with E-state index >= 15 is 0 Å². The van der Waals surface area contributed by atoms with Crippen molar-refractivity contribution in [2.75, 3.05) is 13.7 Å². The number of ether oxygens (including phenoxy) is 2. The van der Waals surface area contributed by atoms with Crippen LogP contribution in [0.2, 0.25) is 0 Å². The summed E-state index contributed by atoms with van der Waals surface area (Å²) in [6, 6.07) is 16.4. The maximum atomic E-state index is 6.49. The van der Waals surface area contributed by atoms with E-state index in [4.69, 9.17) is 15.2 Å². The van der Waals surface area contributed by atoms with Gasteiger partial charge in [-0.2, -0.15) is 0 Å². The van der Waals surface area contributed by atoms with Crippen molar-refractivity contribution in [3.05, 3.63) is 59.7 Å². The maximum Gasteiger partial charge on any atom is 0.122 e. The molecule has 21 heavy (non-hydrogen) atoms. The van der Waals surface area contributed by atoms with E-state index in [2.05, 4.69) is 24.3 Å². The van der Waals surface area contributed by atoms with Crippen molar-refractivity contribution in [3.63, 3.8) is 0 Å². The number of para-hydroxylation sites is 1. The number of benzene rings is 2. The van der Waals surface area contributed by atoms with Gasteiger partial charge in [-0.1, -0.05) is 30.3 Å². The van der Waals surface area contributed by atoms with Crippen molar-refractivity contribution in [2.24, 2.45) is 5.73 Å². The van der Waals surface area contributed by atoms with Gasteiger partial charge in [0.05, 0.1) is 13.7 Å². The van der Waals surface area contributed by atoms with E-state index in [-0.39, 0.29) is 6.04 Å². The number of hydrogen-bond acceptors (Lipinski definition) is 3. The molecule has 2 N–H and O–H groups in total. The first-order valence-electron chi connectivity index (χ1n) is 7.38. The molecule has 0 amide bonds. The zero-order valence-electron chi connectivity index (χ0n) is 12.3. The predicted molar refractivity (Wildman–Crippen MR) is 84.0 cm³/mol. The van der Waals surface area contributed by atoms with Crippen LogP contribution in [0.4, 0.5) is 0 Å². The van der Waals surface area contributed by atoms with Gasteiger partial charge in [-0.15, -0.1) is 0 Å². The molecule has 0 bridgehead atoms. The van der Waals surface area contributed by atoms with Crippen molar-refractivity contribution >= 4 is 0 Å². The molecular weight excluding hydrogens is 262 g/mol. The summed E-state index contributed by atoms with van der Waals surface area (Å²) in [6.07, 6.45) is 1.82. The number of rotatable bonds is 4. The fraction of sp³-hybridized carbons (Fsp3) is 0.333. The number of hydrogen-bond donors (Lipinski definition) is 1. The zero-order valence-corrected chi connectivity index (χ0v) is 12.3. The number of methoxy groups -OCH3 is 1. The molecule has 0 fully saturated rings. The predicted octanol–water partition coefficient (Wildman–Crippen LogP) is 3.13. The van der Waals surface area contributed by atoms with Crippen molar-refractivity contribution in [1.82, 2.24) is 0 Å². The Balaban J connectivity index is 1.78. The molecule has 2 aromatic carbocycles. The molecule has 3 heteroatoms. The van der Waals surface area contributed by atoms with Crippen LogP contribution in [0.15, 0.2) is 48.5 Å². The average molecular weight is 283 g/mol. The van der Waals surface area contributed by atoms with E-state index in [0.717, 1.165) is 30.9 Å². The van der Waals surface area contributed by atoms with Gasteiger partial charge in [0.1, 0.15) is 11.5 Å². The van der Waals surface area contributed by atoms with E-state index in [1.165, 1.54) is 11.1 Å². The first kappa shape index (κ1) is 14.0. The molecule has 110 valence electrons. The minimum absolute atomic E-state index is 0.0853. The van der Waals surface area contributed by atoms with Crippen LogP contribution in [-0.2, 0) is 6.42 Å². The van der Waals surface area contributed by atoms with Crippen LogP contribution in [0.5, 0.6) is 11.5 Å². The summed E-state index contributed by atoms with van der Waals surface area (Å²) < 4.78 is 11.0. The van der Waals surface area contributed by atoms with Gasteiger partial charge in [0.2, 0.25) is 0 Å². The molecule has 1 heterocycles. The Bertz CT molecular complexity index is 612. The van der Waals surface area contributed by atoms with Crippen LogP contribution in [0.25, 0.3) is 0 Å².